The van der Waals surface area contributed by atoms with Gasteiger partial charge in [-0.25, -0.2) is 14.4 Å². The maximum Gasteiger partial charge on any atom is 0.416 e. The minimum atomic E-state index is -4.39. The second-order valence-electron chi connectivity index (χ2n) is 8.28. The first-order chi connectivity index (χ1) is 17.2. The number of hydrogen-bond acceptors (Lipinski definition) is 7. The third-order valence-corrected chi connectivity index (χ3v) is 5.58. The van der Waals surface area contributed by atoms with Gasteiger partial charge in [-0.15, -0.1) is 0 Å². The van der Waals surface area contributed by atoms with Crippen molar-refractivity contribution in [2.75, 3.05) is 28.6 Å². The first-order valence-electron chi connectivity index (χ1n) is 11.2. The maximum atomic E-state index is 14.7. The number of piperidine rings is 1. The van der Waals surface area contributed by atoms with Gasteiger partial charge in [-0.05, 0) is 42.7 Å². The maximum absolute atomic E-state index is 14.7. The molecule has 1 aromatic heterocycles. The highest BCUT2D eigenvalue weighted by Crippen LogP contribution is 2.30. The molecule has 1 amide bonds. The molecule has 1 fully saturated rings. The molecule has 0 spiro atoms. The highest BCUT2D eigenvalue weighted by atomic mass is 19.4. The summed E-state index contributed by atoms with van der Waals surface area (Å²) in [7, 11) is 0. The van der Waals surface area contributed by atoms with E-state index in [0.717, 1.165) is 12.1 Å². The monoisotopic (exact) mass is 504 g/mol. The molecule has 1 aliphatic heterocycles. The van der Waals surface area contributed by atoms with Gasteiger partial charge in [-0.3, -0.25) is 4.79 Å². The molecule has 3 aromatic rings. The summed E-state index contributed by atoms with van der Waals surface area (Å²) in [5.41, 5.74) is -0.0938. The SMILES string of the molecule is CC(=O)Nc1cccc(Nc2ncnc(N3CCC(OCc4cccc(C(F)(F)F)c4)CC3)n2)c1F. The van der Waals surface area contributed by atoms with Gasteiger partial charge in [0.2, 0.25) is 17.8 Å². The number of rotatable bonds is 7. The van der Waals surface area contributed by atoms with E-state index in [0.29, 0.717) is 37.4 Å². The van der Waals surface area contributed by atoms with Gasteiger partial charge in [-0.2, -0.15) is 18.2 Å². The molecule has 190 valence electrons. The predicted octanol–water partition coefficient (Wildman–Crippen LogP) is 4.92. The normalized spacial score (nSPS) is 14.5. The Morgan fingerprint density at radius 3 is 2.56 bits per heavy atom. The third-order valence-electron chi connectivity index (χ3n) is 5.58. The predicted molar refractivity (Wildman–Crippen MR) is 125 cm³/mol. The van der Waals surface area contributed by atoms with Crippen LogP contribution >= 0.6 is 0 Å². The Kier molecular flexibility index (Phi) is 7.63. The number of carbonyl (C=O) groups is 1. The van der Waals surface area contributed by atoms with Gasteiger partial charge in [0.1, 0.15) is 6.33 Å². The average Bonchev–Trinajstić information content (AvgIpc) is 2.85. The Hall–Kier alpha value is -3.80. The zero-order chi connectivity index (χ0) is 25.7. The molecule has 12 heteroatoms. The number of nitrogens with zero attached hydrogens (tertiary/aromatic N) is 4. The minimum Gasteiger partial charge on any atom is -0.373 e. The zero-order valence-corrected chi connectivity index (χ0v) is 19.3. The molecule has 2 aromatic carbocycles. The summed E-state index contributed by atoms with van der Waals surface area (Å²) in [6.07, 6.45) is -1.90. The number of hydrogen-bond donors (Lipinski definition) is 2. The third kappa shape index (κ3) is 6.45. The van der Waals surface area contributed by atoms with Crippen LogP contribution in [0.1, 0.15) is 30.9 Å². The Labute approximate surface area is 204 Å². The summed E-state index contributed by atoms with van der Waals surface area (Å²) in [5, 5.41) is 5.23. The molecule has 36 heavy (non-hydrogen) atoms. The molecule has 0 saturated carbocycles. The molecular formula is C24H24F4N6O2. The quantitative estimate of drug-likeness (QED) is 0.442. The first kappa shape index (κ1) is 25.3. The molecule has 0 aliphatic carbocycles. The van der Waals surface area contributed by atoms with Crippen LogP contribution in [-0.4, -0.2) is 40.1 Å². The van der Waals surface area contributed by atoms with Crippen molar-refractivity contribution < 1.29 is 27.1 Å². The van der Waals surface area contributed by atoms with Gasteiger partial charge in [0, 0.05) is 20.0 Å². The zero-order valence-electron chi connectivity index (χ0n) is 19.3. The van der Waals surface area contributed by atoms with Crippen molar-refractivity contribution in [3.63, 3.8) is 0 Å². The molecule has 1 saturated heterocycles. The molecule has 0 atom stereocenters. The molecule has 8 nitrogen and oxygen atoms in total. The van der Waals surface area contributed by atoms with Crippen LogP contribution in [0.15, 0.2) is 48.8 Å². The van der Waals surface area contributed by atoms with Crippen LogP contribution in [0.2, 0.25) is 0 Å². The molecule has 2 N–H and O–H groups in total. The van der Waals surface area contributed by atoms with Crippen LogP contribution in [0.3, 0.4) is 0 Å². The van der Waals surface area contributed by atoms with Crippen molar-refractivity contribution in [3.8, 4) is 0 Å². The molecule has 2 heterocycles. The molecular weight excluding hydrogens is 480 g/mol. The van der Waals surface area contributed by atoms with Crippen LogP contribution in [0.5, 0.6) is 0 Å². The van der Waals surface area contributed by atoms with Crippen molar-refractivity contribution in [2.24, 2.45) is 0 Å². The fourth-order valence-corrected chi connectivity index (χ4v) is 3.81. The van der Waals surface area contributed by atoms with E-state index in [2.05, 4.69) is 25.6 Å². The molecule has 0 unspecified atom stereocenters. The van der Waals surface area contributed by atoms with Crippen LogP contribution < -0.4 is 15.5 Å². The number of anilines is 4. The molecule has 0 radical (unpaired) electrons. The van der Waals surface area contributed by atoms with E-state index in [4.69, 9.17) is 4.74 Å². The number of benzene rings is 2. The van der Waals surface area contributed by atoms with E-state index < -0.39 is 23.5 Å². The van der Waals surface area contributed by atoms with E-state index in [1.165, 1.54) is 31.5 Å². The number of alkyl halides is 3. The van der Waals surface area contributed by atoms with Gasteiger partial charge >= 0.3 is 6.18 Å². The summed E-state index contributed by atoms with van der Waals surface area (Å²) in [6, 6.07) is 9.65. The van der Waals surface area contributed by atoms with Crippen molar-refractivity contribution >= 4 is 29.2 Å². The minimum absolute atomic E-state index is 0.0361. The van der Waals surface area contributed by atoms with E-state index in [1.54, 1.807) is 12.1 Å². The van der Waals surface area contributed by atoms with Crippen LogP contribution in [0.4, 0.5) is 40.8 Å². The summed E-state index contributed by atoms with van der Waals surface area (Å²) in [4.78, 5) is 25.8. The second kappa shape index (κ2) is 10.9. The lowest BCUT2D eigenvalue weighted by molar-refractivity contribution is -0.137. The number of halogens is 4. The van der Waals surface area contributed by atoms with Gasteiger partial charge in [0.25, 0.3) is 0 Å². The lowest BCUT2D eigenvalue weighted by atomic mass is 10.1. The van der Waals surface area contributed by atoms with Crippen LogP contribution in [0.25, 0.3) is 0 Å². The van der Waals surface area contributed by atoms with Gasteiger partial charge < -0.3 is 20.3 Å². The Morgan fingerprint density at radius 2 is 1.83 bits per heavy atom. The van der Waals surface area contributed by atoms with Crippen LogP contribution in [0, 0.1) is 5.82 Å². The van der Waals surface area contributed by atoms with E-state index in [1.807, 2.05) is 4.90 Å². The standard InChI is InChI=1S/C24H24F4N6O2/c1-15(35)31-19-6-3-7-20(21(19)25)32-22-29-14-30-23(33-22)34-10-8-18(9-11-34)36-13-16-4-2-5-17(12-16)24(26,27)28/h2-7,12,14,18H,8-11,13H2,1H3,(H,31,35)(H,29,30,32,33). The number of amides is 1. The van der Waals surface area contributed by atoms with Crippen molar-refractivity contribution in [2.45, 2.75) is 38.7 Å². The number of aromatic nitrogens is 3. The lowest BCUT2D eigenvalue weighted by Crippen LogP contribution is -2.38. The van der Waals surface area contributed by atoms with Gasteiger partial charge in [0.15, 0.2) is 5.82 Å². The summed E-state index contributed by atoms with van der Waals surface area (Å²) in [5.74, 6) is -0.492. The Balaban J connectivity index is 1.33. The molecule has 0 bridgehead atoms. The van der Waals surface area contributed by atoms with Crippen LogP contribution in [-0.2, 0) is 22.3 Å². The van der Waals surface area contributed by atoms with Gasteiger partial charge in [-0.1, -0.05) is 18.2 Å². The lowest BCUT2D eigenvalue weighted by Gasteiger charge is -2.32. The summed E-state index contributed by atoms with van der Waals surface area (Å²) < 4.78 is 59.2. The summed E-state index contributed by atoms with van der Waals surface area (Å²) >= 11 is 0. The highest BCUT2D eigenvalue weighted by molar-refractivity contribution is 5.89. The van der Waals surface area contributed by atoms with Crippen molar-refractivity contribution in [1.29, 1.82) is 0 Å². The number of carbonyl (C=O) groups excluding carboxylic acids is 1. The molecule has 4 rings (SSSR count). The van der Waals surface area contributed by atoms with Crippen molar-refractivity contribution in [1.82, 2.24) is 15.0 Å². The number of nitrogens with one attached hydrogen (secondary N) is 2. The van der Waals surface area contributed by atoms with Gasteiger partial charge in [0.05, 0.1) is 29.6 Å². The second-order valence-corrected chi connectivity index (χ2v) is 8.28. The number of ether oxygens (including phenoxy) is 1. The average molecular weight is 504 g/mol. The summed E-state index contributed by atoms with van der Waals surface area (Å²) in [6.45, 7) is 2.53. The highest BCUT2D eigenvalue weighted by Gasteiger charge is 2.30. The van der Waals surface area contributed by atoms with Crippen molar-refractivity contribution in [3.05, 3.63) is 65.7 Å². The van der Waals surface area contributed by atoms with E-state index >= 15 is 0 Å². The molecule has 1 aliphatic rings. The largest absolute Gasteiger partial charge is 0.416 e. The fourth-order valence-electron chi connectivity index (χ4n) is 3.81. The van der Waals surface area contributed by atoms with E-state index in [-0.39, 0.29) is 30.0 Å². The first-order valence-corrected chi connectivity index (χ1v) is 11.2. The Bertz CT molecular complexity index is 1220. The Morgan fingerprint density at radius 1 is 1.11 bits per heavy atom. The smallest absolute Gasteiger partial charge is 0.373 e. The fraction of sp³-hybridized carbons (Fsp3) is 0.333. The topological polar surface area (TPSA) is 92.3 Å². The van der Waals surface area contributed by atoms with E-state index in [9.17, 15) is 22.4 Å².